The Morgan fingerprint density at radius 1 is 0.756 bits per heavy atom. The smallest absolute Gasteiger partial charge is 0.870 e. The molecule has 4 rings (SSSR count). The first-order chi connectivity index (χ1) is 20.4. The number of nitriles is 2. The number of ether oxygens (including phenoxy) is 2. The van der Waals surface area contributed by atoms with Gasteiger partial charge in [-0.2, -0.15) is 33.2 Å². The summed E-state index contributed by atoms with van der Waals surface area (Å²) in [7, 11) is 0. The van der Waals surface area contributed by atoms with E-state index in [2.05, 4.69) is 61.7 Å². The average Bonchev–Trinajstić information content (AvgIpc) is 2.96. The van der Waals surface area contributed by atoms with Crippen molar-refractivity contribution in [1.82, 2.24) is 20.4 Å². The van der Waals surface area contributed by atoms with Crippen molar-refractivity contribution >= 4 is 43.5 Å². The molecule has 0 aliphatic rings. The predicted octanol–water partition coefficient (Wildman–Crippen LogP) is 4.85. The summed E-state index contributed by atoms with van der Waals surface area (Å²) in [4.78, 5) is 0. The Labute approximate surface area is 316 Å². The Bertz CT molecular complexity index is 1570. The van der Waals surface area contributed by atoms with Gasteiger partial charge in [-0.25, -0.2) is 8.78 Å². The maximum absolute atomic E-state index is 13.2. The van der Waals surface area contributed by atoms with Crippen molar-refractivity contribution in [3.63, 3.8) is 0 Å². The summed E-state index contributed by atoms with van der Waals surface area (Å²) in [5.41, 5.74) is 1.57. The van der Waals surface area contributed by atoms with Crippen LogP contribution in [0, 0.1) is 34.3 Å². The van der Waals surface area contributed by atoms with E-state index in [-0.39, 0.29) is 89.8 Å². The average molecular weight is 809 g/mol. The van der Waals surface area contributed by atoms with Gasteiger partial charge >= 0.3 is 64.6 Å². The second-order valence-corrected chi connectivity index (χ2v) is 9.66. The van der Waals surface area contributed by atoms with E-state index in [4.69, 9.17) is 16.9 Å². The Morgan fingerprint density at radius 3 is 1.71 bits per heavy atom. The minimum atomic E-state index is -3.00. The van der Waals surface area contributed by atoms with Crippen LogP contribution in [-0.2, 0) is 6.42 Å². The van der Waals surface area contributed by atoms with E-state index in [1.807, 2.05) is 12.1 Å². The number of benzene rings is 2. The maximum Gasteiger partial charge on any atom is 1.00 e. The Hall–Kier alpha value is -2.39. The molecule has 0 bridgehead atoms. The zero-order valence-corrected chi connectivity index (χ0v) is 29.6. The number of aromatic nitrogens is 4. The van der Waals surface area contributed by atoms with Crippen LogP contribution >= 0.6 is 43.5 Å². The molecule has 4 aromatic rings. The minimum absolute atomic E-state index is 0. The van der Waals surface area contributed by atoms with Crippen LogP contribution in [0.15, 0.2) is 69.6 Å². The van der Waals surface area contributed by atoms with Gasteiger partial charge in [0.15, 0.2) is 5.15 Å². The van der Waals surface area contributed by atoms with Crippen molar-refractivity contribution < 1.29 is 92.7 Å². The second-order valence-electron chi connectivity index (χ2n) is 7.57. The van der Waals surface area contributed by atoms with Crippen LogP contribution in [0.25, 0.3) is 0 Å². The third-order valence-electron chi connectivity index (χ3n) is 4.66. The molecule has 0 saturated heterocycles. The first-order valence-electron chi connectivity index (χ1n) is 11.3. The fourth-order valence-electron chi connectivity index (χ4n) is 2.84. The van der Waals surface area contributed by atoms with Gasteiger partial charge in [0, 0.05) is 12.1 Å². The van der Waals surface area contributed by atoms with Gasteiger partial charge in [-0.05, 0) is 79.4 Å². The van der Waals surface area contributed by atoms with Crippen molar-refractivity contribution in [2.45, 2.75) is 25.6 Å². The Morgan fingerprint density at radius 2 is 1.29 bits per heavy atom. The van der Waals surface area contributed by atoms with Gasteiger partial charge in [0.05, 0.1) is 33.2 Å². The van der Waals surface area contributed by atoms with Crippen molar-refractivity contribution in [3.05, 3.63) is 103 Å². The van der Waals surface area contributed by atoms with Gasteiger partial charge < -0.3 is 14.9 Å². The van der Waals surface area contributed by atoms with Gasteiger partial charge in [0.1, 0.15) is 17.6 Å². The molecule has 9 nitrogen and oxygen atoms in total. The largest absolute Gasteiger partial charge is 1.00 e. The number of halogens is 9. The summed E-state index contributed by atoms with van der Waals surface area (Å²) in [5.74, 6) is -2.14. The molecule has 0 aliphatic heterocycles. The van der Waals surface area contributed by atoms with Crippen molar-refractivity contribution in [2.75, 3.05) is 0 Å². The summed E-state index contributed by atoms with van der Waals surface area (Å²) in [6.07, 6.45) is 0.318. The minimum Gasteiger partial charge on any atom is -0.870 e. The summed E-state index contributed by atoms with van der Waals surface area (Å²) >= 11 is 11.4. The summed E-state index contributed by atoms with van der Waals surface area (Å²) in [6.45, 7) is -5.88. The van der Waals surface area contributed by atoms with E-state index in [0.717, 1.165) is 5.56 Å². The molecule has 45 heavy (non-hydrogen) atoms. The number of alkyl halides is 4. The number of hydrogen-bond acceptors (Lipinski definition) is 9. The molecule has 2 aromatic heterocycles. The van der Waals surface area contributed by atoms with Gasteiger partial charge in [0.25, 0.3) is 0 Å². The zero-order chi connectivity index (χ0) is 31.9. The summed E-state index contributed by atoms with van der Waals surface area (Å²) < 4.78 is 81.4. The molecular formula is C26H16Br2ClF6KN6O3. The molecule has 2 aromatic carbocycles. The molecular weight excluding hydrogens is 793 g/mol. The third kappa shape index (κ3) is 15.6. The van der Waals surface area contributed by atoms with Crippen LogP contribution in [0.5, 0.6) is 11.8 Å². The Kier molecular flexibility index (Phi) is 21.0. The molecule has 0 saturated carbocycles. The molecule has 232 valence electrons. The molecule has 1 unspecified atom stereocenters. The van der Waals surface area contributed by atoms with Crippen LogP contribution in [0.1, 0.15) is 22.7 Å². The fraction of sp³-hybridized carbons (Fsp3) is 0.154. The van der Waals surface area contributed by atoms with E-state index >= 15 is 0 Å². The van der Waals surface area contributed by atoms with E-state index in [0.29, 0.717) is 16.5 Å². The van der Waals surface area contributed by atoms with Crippen LogP contribution in [0.2, 0.25) is 5.15 Å². The molecule has 0 aliphatic carbocycles. The van der Waals surface area contributed by atoms with Gasteiger partial charge in [0.2, 0.25) is 11.8 Å². The molecule has 1 atom stereocenters. The number of hydrogen-bond donors (Lipinski definition) is 0. The SMILES string of the molecule is FC(F)Oc1ccc(Cl)nn1.N#CC(c1ccc(F)c(Br)c1)c1ccc(OC(F)F)nn1.N#CCc1ccc(F)c(Br)c1.[K+].[OH-]. The van der Waals surface area contributed by atoms with Gasteiger partial charge in [-0.3, -0.25) is 0 Å². The first-order valence-corrected chi connectivity index (χ1v) is 13.3. The van der Waals surface area contributed by atoms with E-state index < -0.39 is 25.0 Å². The summed E-state index contributed by atoms with van der Waals surface area (Å²) in [5, 5.41) is 31.4. The quantitative estimate of drug-likeness (QED) is 0.189. The van der Waals surface area contributed by atoms with Gasteiger partial charge in [-0.1, -0.05) is 23.7 Å². The molecule has 0 fully saturated rings. The van der Waals surface area contributed by atoms with E-state index in [1.165, 1.54) is 48.5 Å². The Balaban J connectivity index is 0.000000688. The molecule has 0 spiro atoms. The third-order valence-corrected chi connectivity index (χ3v) is 6.07. The topological polar surface area (TPSA) is 148 Å². The fourth-order valence-corrected chi connectivity index (χ4v) is 3.76. The zero-order valence-electron chi connectivity index (χ0n) is 22.6. The van der Waals surface area contributed by atoms with E-state index in [1.54, 1.807) is 12.1 Å². The second kappa shape index (κ2) is 22.2. The van der Waals surface area contributed by atoms with Crippen molar-refractivity contribution in [1.29, 1.82) is 10.5 Å². The molecule has 19 heteroatoms. The van der Waals surface area contributed by atoms with Crippen LogP contribution in [0.4, 0.5) is 26.3 Å². The number of rotatable bonds is 7. The van der Waals surface area contributed by atoms with Crippen LogP contribution in [-0.4, -0.2) is 39.1 Å². The number of nitrogens with zero attached hydrogens (tertiary/aromatic N) is 6. The standard InChI is InChI=1S/C13H7BrF3N3O.C8H5BrFN.C5H3ClF2N2O.K.H2O/c14-9-5-7(1-2-10(9)15)8(6-18)11-3-4-12(20-19-11)21-13(16)17;9-7-5-6(3-4-11)1-2-8(7)10;6-3-1-2-4(10-9-3)11-5(7)8;;/h1-5,8,13H;1-2,5H,3H2;1-2,5H;;1H2/q;;;+1;/p-1. The monoisotopic (exact) mass is 806 g/mol. The molecule has 0 radical (unpaired) electrons. The van der Waals surface area contributed by atoms with Crippen molar-refractivity contribution in [2.24, 2.45) is 0 Å². The molecule has 0 amide bonds. The first kappa shape index (κ1) is 42.6. The maximum atomic E-state index is 13.2. The van der Waals surface area contributed by atoms with Gasteiger partial charge in [-0.15, -0.1) is 15.3 Å². The predicted molar refractivity (Wildman–Crippen MR) is 149 cm³/mol. The van der Waals surface area contributed by atoms with Crippen molar-refractivity contribution in [3.8, 4) is 23.9 Å². The van der Waals surface area contributed by atoms with Crippen LogP contribution < -0.4 is 60.9 Å². The van der Waals surface area contributed by atoms with E-state index in [9.17, 15) is 31.6 Å². The summed E-state index contributed by atoms with van der Waals surface area (Å²) in [6, 6.07) is 17.7. The molecule has 1 N–H and O–H groups in total. The van der Waals surface area contributed by atoms with Crippen LogP contribution in [0.3, 0.4) is 0 Å². The normalized spacial score (nSPS) is 10.3. The molecule has 2 heterocycles.